The minimum atomic E-state index is -0.465. The maximum absolute atomic E-state index is 11.4. The van der Waals surface area contributed by atoms with Crippen molar-refractivity contribution < 1.29 is 14.6 Å². The Kier molecular flexibility index (Phi) is 2.96. The maximum atomic E-state index is 11.4. The van der Waals surface area contributed by atoms with Gasteiger partial charge in [-0.05, 0) is 19.9 Å². The third-order valence-corrected chi connectivity index (χ3v) is 1.90. The van der Waals surface area contributed by atoms with Gasteiger partial charge >= 0.3 is 5.97 Å². The van der Waals surface area contributed by atoms with Crippen LogP contribution >= 0.6 is 0 Å². The molecule has 4 heteroatoms. The second kappa shape index (κ2) is 4.00. The van der Waals surface area contributed by atoms with Crippen LogP contribution in [0, 0.1) is 6.92 Å². The number of esters is 1. The molecule has 0 saturated carbocycles. The quantitative estimate of drug-likeness (QED) is 0.553. The second-order valence-electron chi connectivity index (χ2n) is 2.93. The van der Waals surface area contributed by atoms with Crippen LogP contribution in [0.15, 0.2) is 12.1 Å². The van der Waals surface area contributed by atoms with Crippen molar-refractivity contribution in [3.63, 3.8) is 0 Å². The van der Waals surface area contributed by atoms with Gasteiger partial charge in [0.05, 0.1) is 12.2 Å². The second-order valence-corrected chi connectivity index (χ2v) is 2.93. The van der Waals surface area contributed by atoms with Crippen molar-refractivity contribution in [1.82, 2.24) is 0 Å². The van der Waals surface area contributed by atoms with Gasteiger partial charge in [-0.2, -0.15) is 0 Å². The van der Waals surface area contributed by atoms with Gasteiger partial charge in [0.25, 0.3) is 0 Å². The van der Waals surface area contributed by atoms with Gasteiger partial charge in [0.2, 0.25) is 0 Å². The molecular weight excluding hydrogens is 182 g/mol. The van der Waals surface area contributed by atoms with Crippen molar-refractivity contribution in [3.8, 4) is 5.75 Å². The molecule has 1 aromatic carbocycles. The first kappa shape index (κ1) is 10.4. The van der Waals surface area contributed by atoms with E-state index >= 15 is 0 Å². The number of nitrogen functional groups attached to an aromatic ring is 1. The van der Waals surface area contributed by atoms with E-state index in [-0.39, 0.29) is 5.75 Å². The van der Waals surface area contributed by atoms with Gasteiger partial charge < -0.3 is 15.6 Å². The normalized spacial score (nSPS) is 9.86. The molecule has 1 aromatic rings. The molecule has 0 spiro atoms. The van der Waals surface area contributed by atoms with Crippen molar-refractivity contribution in [2.75, 3.05) is 12.3 Å². The average molecular weight is 195 g/mol. The van der Waals surface area contributed by atoms with Crippen LogP contribution in [-0.4, -0.2) is 17.7 Å². The predicted octanol–water partition coefficient (Wildman–Crippen LogP) is 1.46. The summed E-state index contributed by atoms with van der Waals surface area (Å²) in [5, 5.41) is 9.41. The molecule has 14 heavy (non-hydrogen) atoms. The molecule has 0 heterocycles. The summed E-state index contributed by atoms with van der Waals surface area (Å²) in [6, 6.07) is 2.89. The molecule has 0 radical (unpaired) electrons. The maximum Gasteiger partial charge on any atom is 0.338 e. The topological polar surface area (TPSA) is 72.5 Å². The number of nitrogens with two attached hydrogens (primary N) is 1. The lowest BCUT2D eigenvalue weighted by Crippen LogP contribution is -2.07. The Balaban J connectivity index is 3.13. The molecule has 0 unspecified atom stereocenters. The molecule has 0 aliphatic rings. The van der Waals surface area contributed by atoms with Gasteiger partial charge in [0.1, 0.15) is 5.75 Å². The Morgan fingerprint density at radius 2 is 2.21 bits per heavy atom. The van der Waals surface area contributed by atoms with Crippen molar-refractivity contribution in [3.05, 3.63) is 23.3 Å². The summed E-state index contributed by atoms with van der Waals surface area (Å²) in [7, 11) is 0. The van der Waals surface area contributed by atoms with Crippen molar-refractivity contribution >= 4 is 11.7 Å². The van der Waals surface area contributed by atoms with Gasteiger partial charge in [0.15, 0.2) is 0 Å². The zero-order valence-electron chi connectivity index (χ0n) is 8.20. The van der Waals surface area contributed by atoms with Crippen LogP contribution < -0.4 is 5.73 Å². The van der Waals surface area contributed by atoms with E-state index in [0.29, 0.717) is 23.4 Å². The molecule has 0 aromatic heterocycles. The highest BCUT2D eigenvalue weighted by Gasteiger charge is 2.13. The Morgan fingerprint density at radius 3 is 2.79 bits per heavy atom. The molecule has 0 fully saturated rings. The first-order valence-corrected chi connectivity index (χ1v) is 4.32. The first-order valence-electron chi connectivity index (χ1n) is 4.32. The summed E-state index contributed by atoms with van der Waals surface area (Å²) in [4.78, 5) is 11.4. The van der Waals surface area contributed by atoms with E-state index in [0.717, 1.165) is 0 Å². The fourth-order valence-corrected chi connectivity index (χ4v) is 1.14. The molecule has 0 atom stereocenters. The number of benzene rings is 1. The molecule has 4 nitrogen and oxygen atoms in total. The first-order chi connectivity index (χ1) is 6.56. The van der Waals surface area contributed by atoms with Crippen LogP contribution in [0.3, 0.4) is 0 Å². The molecular formula is C10H13NO3. The largest absolute Gasteiger partial charge is 0.508 e. The molecule has 0 saturated heterocycles. The number of rotatable bonds is 2. The number of phenolic OH excluding ortho intramolecular Hbond substituents is 1. The monoisotopic (exact) mass is 195 g/mol. The highest BCUT2D eigenvalue weighted by atomic mass is 16.5. The number of aromatic hydroxyl groups is 1. The third-order valence-electron chi connectivity index (χ3n) is 1.90. The summed E-state index contributed by atoms with van der Waals surface area (Å²) in [5.41, 5.74) is 6.63. The lowest BCUT2D eigenvalue weighted by molar-refractivity contribution is 0.0525. The number of carbonyl (C=O) groups excluding carboxylic acids is 1. The Bertz CT molecular complexity index is 361. The fourth-order valence-electron chi connectivity index (χ4n) is 1.14. The van der Waals surface area contributed by atoms with E-state index < -0.39 is 5.97 Å². The summed E-state index contributed by atoms with van der Waals surface area (Å²) in [6.45, 7) is 3.66. The van der Waals surface area contributed by atoms with E-state index in [1.807, 2.05) is 0 Å². The van der Waals surface area contributed by atoms with E-state index in [9.17, 15) is 9.90 Å². The van der Waals surface area contributed by atoms with E-state index in [4.69, 9.17) is 10.5 Å². The smallest absolute Gasteiger partial charge is 0.338 e. The highest BCUT2D eigenvalue weighted by molar-refractivity contribution is 5.93. The van der Waals surface area contributed by atoms with Crippen LogP contribution in [0.25, 0.3) is 0 Å². The van der Waals surface area contributed by atoms with Gasteiger partial charge in [-0.15, -0.1) is 0 Å². The van der Waals surface area contributed by atoms with Crippen LogP contribution in [0.5, 0.6) is 5.75 Å². The SMILES string of the molecule is CCOC(=O)c1cc(N)cc(O)c1C. The van der Waals surface area contributed by atoms with Crippen molar-refractivity contribution in [2.45, 2.75) is 13.8 Å². The minimum Gasteiger partial charge on any atom is -0.508 e. The Labute approximate surface area is 82.3 Å². The average Bonchev–Trinajstić information content (AvgIpc) is 2.11. The fraction of sp³-hybridized carbons (Fsp3) is 0.300. The number of hydrogen-bond donors (Lipinski definition) is 2. The Morgan fingerprint density at radius 1 is 1.57 bits per heavy atom. The molecule has 0 aliphatic carbocycles. The standard InChI is InChI=1S/C10H13NO3/c1-3-14-10(13)8-4-7(11)5-9(12)6(8)2/h4-5,12H,3,11H2,1-2H3. The van der Waals surface area contributed by atoms with Crippen molar-refractivity contribution in [2.24, 2.45) is 0 Å². The number of anilines is 1. The summed E-state index contributed by atoms with van der Waals surface area (Å²) in [5.74, 6) is -0.458. The lowest BCUT2D eigenvalue weighted by atomic mass is 10.1. The van der Waals surface area contributed by atoms with Crippen LogP contribution in [-0.2, 0) is 4.74 Å². The van der Waals surface area contributed by atoms with E-state index in [1.165, 1.54) is 12.1 Å². The van der Waals surface area contributed by atoms with Crippen LogP contribution in [0.4, 0.5) is 5.69 Å². The number of phenols is 1. The predicted molar refractivity (Wildman–Crippen MR) is 53.2 cm³/mol. The number of ether oxygens (including phenoxy) is 1. The summed E-state index contributed by atoms with van der Waals surface area (Å²) >= 11 is 0. The van der Waals surface area contributed by atoms with Gasteiger partial charge in [-0.25, -0.2) is 4.79 Å². The summed E-state index contributed by atoms with van der Waals surface area (Å²) < 4.78 is 4.81. The lowest BCUT2D eigenvalue weighted by Gasteiger charge is -2.07. The van der Waals surface area contributed by atoms with Crippen LogP contribution in [0.2, 0.25) is 0 Å². The van der Waals surface area contributed by atoms with Crippen LogP contribution in [0.1, 0.15) is 22.8 Å². The van der Waals surface area contributed by atoms with E-state index in [2.05, 4.69) is 0 Å². The van der Waals surface area contributed by atoms with Gasteiger partial charge in [-0.3, -0.25) is 0 Å². The molecule has 76 valence electrons. The highest BCUT2D eigenvalue weighted by Crippen LogP contribution is 2.24. The van der Waals surface area contributed by atoms with E-state index in [1.54, 1.807) is 13.8 Å². The van der Waals surface area contributed by atoms with Gasteiger partial charge in [-0.1, -0.05) is 0 Å². The third kappa shape index (κ3) is 1.96. The number of carbonyl (C=O) groups is 1. The molecule has 1 rings (SSSR count). The van der Waals surface area contributed by atoms with Gasteiger partial charge in [0, 0.05) is 17.3 Å². The molecule has 0 bridgehead atoms. The minimum absolute atomic E-state index is 0.00746. The molecule has 0 amide bonds. The molecule has 0 aliphatic heterocycles. The summed E-state index contributed by atoms with van der Waals surface area (Å²) in [6.07, 6.45) is 0. The van der Waals surface area contributed by atoms with Crippen molar-refractivity contribution in [1.29, 1.82) is 0 Å². The Hall–Kier alpha value is -1.71. The number of hydrogen-bond acceptors (Lipinski definition) is 4. The zero-order valence-corrected chi connectivity index (χ0v) is 8.20. The zero-order chi connectivity index (χ0) is 10.7. The molecule has 3 N–H and O–H groups in total.